The van der Waals surface area contributed by atoms with Gasteiger partial charge in [-0.3, -0.25) is 9.89 Å². The molecule has 1 amide bonds. The lowest BCUT2D eigenvalue weighted by Gasteiger charge is -2.31. The first-order chi connectivity index (χ1) is 14.0. The molecule has 0 unspecified atom stereocenters. The molecule has 0 spiro atoms. The molecule has 0 radical (unpaired) electrons. The van der Waals surface area contributed by atoms with Crippen LogP contribution in [0.15, 0.2) is 42.4 Å². The first-order valence-corrected chi connectivity index (χ1v) is 9.97. The van der Waals surface area contributed by atoms with Gasteiger partial charge in [0, 0.05) is 61.2 Å². The van der Waals surface area contributed by atoms with Gasteiger partial charge in [-0.05, 0) is 17.0 Å². The summed E-state index contributed by atoms with van der Waals surface area (Å²) in [6, 6.07) is 1.78. The van der Waals surface area contributed by atoms with Gasteiger partial charge in [0.2, 0.25) is 0 Å². The minimum absolute atomic E-state index is 0. The average Bonchev–Trinajstić information content (AvgIpc) is 3.46. The van der Waals surface area contributed by atoms with Crippen LogP contribution in [0.1, 0.15) is 29.9 Å². The van der Waals surface area contributed by atoms with E-state index >= 15 is 0 Å². The zero-order valence-corrected chi connectivity index (χ0v) is 16.0. The van der Waals surface area contributed by atoms with Crippen molar-refractivity contribution in [2.24, 2.45) is 0 Å². The number of amides is 1. The van der Waals surface area contributed by atoms with E-state index in [1.54, 1.807) is 35.4 Å². The predicted molar refractivity (Wildman–Crippen MR) is 111 cm³/mol. The number of alkyl halides is 2. The molecule has 4 aromatic rings. The molecule has 1 saturated heterocycles. The molecule has 4 aromatic heterocycles. The smallest absolute Gasteiger partial charge is 0.263 e. The third-order valence-electron chi connectivity index (χ3n) is 5.09. The summed E-state index contributed by atoms with van der Waals surface area (Å²) in [7, 11) is 0. The van der Waals surface area contributed by atoms with Crippen molar-refractivity contribution >= 4 is 22.9 Å². The predicted octanol–water partition coefficient (Wildman–Crippen LogP) is 4.36. The van der Waals surface area contributed by atoms with E-state index in [1.807, 2.05) is 11.6 Å². The molecule has 0 aliphatic carbocycles. The Bertz CT molecular complexity index is 1170. The molecule has 5 heterocycles. The highest BCUT2D eigenvalue weighted by Gasteiger charge is 2.36. The van der Waals surface area contributed by atoms with E-state index in [9.17, 15) is 13.6 Å². The Kier molecular flexibility index (Phi) is 5.10. The van der Waals surface area contributed by atoms with Crippen LogP contribution in [-0.4, -0.2) is 54.6 Å². The van der Waals surface area contributed by atoms with Crippen LogP contribution in [0.5, 0.6) is 0 Å². The van der Waals surface area contributed by atoms with Crippen molar-refractivity contribution in [2.75, 3.05) is 13.1 Å². The van der Waals surface area contributed by atoms with E-state index in [1.165, 1.54) is 16.2 Å². The zero-order chi connectivity index (χ0) is 20.0. The lowest BCUT2D eigenvalue weighted by molar-refractivity contribution is -0.0493. The summed E-state index contributed by atoms with van der Waals surface area (Å²) in [5, 5.41) is 13.0. The minimum Gasteiger partial charge on any atom is -0.338 e. The van der Waals surface area contributed by atoms with Crippen molar-refractivity contribution in [1.82, 2.24) is 29.7 Å². The van der Waals surface area contributed by atoms with Crippen molar-refractivity contribution in [3.8, 4) is 22.3 Å². The highest BCUT2D eigenvalue weighted by atomic mass is 32.1. The molecule has 156 valence electrons. The Labute approximate surface area is 175 Å². The fourth-order valence-corrected chi connectivity index (χ4v) is 4.29. The second-order valence-corrected chi connectivity index (χ2v) is 7.92. The summed E-state index contributed by atoms with van der Waals surface area (Å²) in [5.41, 5.74) is 4.10. The average molecular weight is 430 g/mol. The van der Waals surface area contributed by atoms with Gasteiger partial charge in [-0.1, -0.05) is 7.43 Å². The van der Waals surface area contributed by atoms with Crippen LogP contribution in [0.2, 0.25) is 0 Å². The molecule has 1 fully saturated rings. The first kappa shape index (κ1) is 20.1. The Hall–Kier alpha value is -3.14. The number of hydrogen-bond acceptors (Lipinski definition) is 5. The topological polar surface area (TPSA) is 79.2 Å². The third kappa shape index (κ3) is 3.58. The maximum Gasteiger partial charge on any atom is 0.263 e. The van der Waals surface area contributed by atoms with E-state index in [2.05, 4.69) is 20.3 Å². The van der Waals surface area contributed by atoms with Crippen LogP contribution in [0.25, 0.3) is 27.9 Å². The minimum atomic E-state index is -2.67. The number of rotatable bonds is 3. The number of H-pyrrole nitrogens is 1. The van der Waals surface area contributed by atoms with Crippen LogP contribution in [0.4, 0.5) is 8.78 Å². The number of hydrogen-bond donors (Lipinski definition) is 1. The van der Waals surface area contributed by atoms with Crippen molar-refractivity contribution in [1.29, 1.82) is 0 Å². The monoisotopic (exact) mass is 430 g/mol. The van der Waals surface area contributed by atoms with E-state index in [0.717, 1.165) is 22.3 Å². The molecule has 0 aromatic carbocycles. The summed E-state index contributed by atoms with van der Waals surface area (Å²) < 4.78 is 28.4. The van der Waals surface area contributed by atoms with Crippen molar-refractivity contribution in [3.63, 3.8) is 0 Å². The molecule has 30 heavy (non-hydrogen) atoms. The van der Waals surface area contributed by atoms with Crippen LogP contribution < -0.4 is 0 Å². The number of likely N-dealkylation sites (tertiary alicyclic amines) is 1. The van der Waals surface area contributed by atoms with Crippen LogP contribution in [0.3, 0.4) is 0 Å². The lowest BCUT2D eigenvalue weighted by atomic mass is 10.1. The fraction of sp³-hybridized carbons (Fsp3) is 0.300. The lowest BCUT2D eigenvalue weighted by Crippen LogP contribution is -2.42. The molecule has 10 heteroatoms. The largest absolute Gasteiger partial charge is 0.338 e. The van der Waals surface area contributed by atoms with E-state index in [4.69, 9.17) is 0 Å². The van der Waals surface area contributed by atoms with Gasteiger partial charge in [0.05, 0.1) is 17.3 Å². The molecule has 5 rings (SSSR count). The second-order valence-electron chi connectivity index (χ2n) is 7.00. The summed E-state index contributed by atoms with van der Waals surface area (Å²) in [6.07, 6.45) is 8.24. The van der Waals surface area contributed by atoms with Crippen molar-refractivity contribution in [3.05, 3.63) is 47.3 Å². The summed E-state index contributed by atoms with van der Waals surface area (Å²) in [5.74, 6) is -2.88. The Morgan fingerprint density at radius 1 is 1.13 bits per heavy atom. The molecule has 1 aliphatic rings. The molecule has 0 saturated carbocycles. The standard InChI is InChI=1S/C19H16F2N6OS.CH4/c20-19(21)1-3-26(4-2-19)18(28)16-5-12(11-29-16)15-9-25-27-10-14(6-22-17(15)27)13-7-23-24-8-13;/h5-11H,1-4H2,(H,23,24);1H4. The fourth-order valence-electron chi connectivity index (χ4n) is 3.42. The van der Waals surface area contributed by atoms with Gasteiger partial charge in [0.15, 0.2) is 5.65 Å². The number of piperidine rings is 1. The number of nitrogens with zero attached hydrogens (tertiary/aromatic N) is 5. The van der Waals surface area contributed by atoms with Gasteiger partial charge in [-0.15, -0.1) is 11.3 Å². The Morgan fingerprint density at radius 2 is 1.93 bits per heavy atom. The molecule has 0 atom stereocenters. The number of fused-ring (bicyclic) bond motifs is 1. The Morgan fingerprint density at radius 3 is 2.67 bits per heavy atom. The summed E-state index contributed by atoms with van der Waals surface area (Å²) in [6.45, 7) is 0.155. The highest BCUT2D eigenvalue weighted by molar-refractivity contribution is 7.12. The van der Waals surface area contributed by atoms with Gasteiger partial charge < -0.3 is 4.90 Å². The number of aromatic amines is 1. The molecular weight excluding hydrogens is 410 g/mol. The van der Waals surface area contributed by atoms with E-state index in [-0.39, 0.29) is 39.3 Å². The zero-order valence-electron chi connectivity index (χ0n) is 15.2. The number of aromatic nitrogens is 5. The summed E-state index contributed by atoms with van der Waals surface area (Å²) >= 11 is 1.30. The molecule has 0 bridgehead atoms. The van der Waals surface area contributed by atoms with Crippen LogP contribution in [0, 0.1) is 0 Å². The van der Waals surface area contributed by atoms with Crippen molar-refractivity contribution in [2.45, 2.75) is 26.2 Å². The SMILES string of the molecule is C.O=C(c1cc(-c2cnn3cc(-c4cn[nH]c4)cnc23)cs1)N1CCC(F)(F)CC1. The number of carbonyl (C=O) groups excluding carboxylic acids is 1. The van der Waals surface area contributed by atoms with Gasteiger partial charge >= 0.3 is 0 Å². The number of halogens is 2. The molecule has 1 aliphatic heterocycles. The van der Waals surface area contributed by atoms with Gasteiger partial charge in [-0.25, -0.2) is 18.3 Å². The third-order valence-corrected chi connectivity index (χ3v) is 6.01. The number of carbonyl (C=O) groups is 1. The van der Waals surface area contributed by atoms with Crippen molar-refractivity contribution < 1.29 is 13.6 Å². The quantitative estimate of drug-likeness (QED) is 0.524. The van der Waals surface area contributed by atoms with E-state index in [0.29, 0.717) is 10.5 Å². The summed E-state index contributed by atoms with van der Waals surface area (Å²) in [4.78, 5) is 19.2. The molecule has 7 nitrogen and oxygen atoms in total. The second kappa shape index (κ2) is 7.60. The van der Waals surface area contributed by atoms with Crippen LogP contribution >= 0.6 is 11.3 Å². The maximum atomic E-state index is 13.3. The van der Waals surface area contributed by atoms with Gasteiger partial charge in [0.25, 0.3) is 11.8 Å². The Balaban J connectivity index is 0.00000218. The maximum absolute atomic E-state index is 13.3. The molecular formula is C20H20F2N6OS. The normalized spacial score (nSPS) is 15.9. The van der Waals surface area contributed by atoms with Gasteiger partial charge in [0.1, 0.15) is 0 Å². The first-order valence-electron chi connectivity index (χ1n) is 9.09. The highest BCUT2D eigenvalue weighted by Crippen LogP contribution is 2.32. The molecule has 1 N–H and O–H groups in total. The number of nitrogens with one attached hydrogen (secondary N) is 1. The number of thiophene rings is 1. The van der Waals surface area contributed by atoms with Gasteiger partial charge in [-0.2, -0.15) is 10.2 Å². The van der Waals surface area contributed by atoms with E-state index < -0.39 is 5.92 Å². The van der Waals surface area contributed by atoms with Crippen LogP contribution in [-0.2, 0) is 0 Å².